The lowest BCUT2D eigenvalue weighted by molar-refractivity contribution is -0.146. The summed E-state index contributed by atoms with van der Waals surface area (Å²) < 4.78 is 0. The molecule has 2 aliphatic heterocycles. The molecule has 1 aromatic carbocycles. The third-order valence-electron chi connectivity index (χ3n) is 6.62. The van der Waals surface area contributed by atoms with Crippen LogP contribution in [-0.4, -0.2) is 63.5 Å². The number of H-pyrrole nitrogens is 1. The van der Waals surface area contributed by atoms with Crippen molar-refractivity contribution in [1.29, 1.82) is 5.26 Å². The number of aromatic nitrogens is 1. The number of carboxylic acid groups (broad SMARTS) is 1. The molecule has 2 N–H and O–H groups in total. The van der Waals surface area contributed by atoms with E-state index in [2.05, 4.69) is 18.0 Å². The molecule has 0 spiro atoms. The number of fused-ring (bicyclic) bond motifs is 1. The van der Waals surface area contributed by atoms with Crippen LogP contribution in [0.25, 0.3) is 10.9 Å². The average molecular weight is 409 g/mol. The van der Waals surface area contributed by atoms with E-state index in [1.807, 2.05) is 23.1 Å². The van der Waals surface area contributed by atoms with E-state index in [1.54, 1.807) is 4.90 Å². The normalized spacial score (nSPS) is 21.5. The monoisotopic (exact) mass is 408 g/mol. The van der Waals surface area contributed by atoms with Crippen molar-refractivity contribution < 1.29 is 14.7 Å². The van der Waals surface area contributed by atoms with Gasteiger partial charge in [-0.05, 0) is 62.8 Å². The molecule has 0 saturated carbocycles. The summed E-state index contributed by atoms with van der Waals surface area (Å²) in [6, 6.07) is 7.89. The number of nitriles is 1. The fourth-order valence-corrected chi connectivity index (χ4v) is 5.00. The molecule has 3 heterocycles. The molecule has 158 valence electrons. The largest absolute Gasteiger partial charge is 0.480 e. The number of rotatable bonds is 7. The number of hydrogen-bond donors (Lipinski definition) is 2. The van der Waals surface area contributed by atoms with Gasteiger partial charge in [0.25, 0.3) is 0 Å². The number of likely N-dealkylation sites (tertiary alicyclic amines) is 2. The molecule has 4 rings (SSSR count). The van der Waals surface area contributed by atoms with Gasteiger partial charge >= 0.3 is 5.97 Å². The zero-order valence-electron chi connectivity index (χ0n) is 17.4. The van der Waals surface area contributed by atoms with E-state index in [4.69, 9.17) is 10.4 Å². The number of benzene rings is 1. The van der Waals surface area contributed by atoms with Crippen molar-refractivity contribution in [2.75, 3.05) is 19.6 Å². The van der Waals surface area contributed by atoms with E-state index in [-0.39, 0.29) is 24.5 Å². The first kappa shape index (κ1) is 20.4. The van der Waals surface area contributed by atoms with Gasteiger partial charge in [0.15, 0.2) is 0 Å². The van der Waals surface area contributed by atoms with E-state index in [0.717, 1.165) is 50.6 Å². The molecule has 2 aliphatic rings. The number of nitrogens with one attached hydrogen (secondary N) is 1. The van der Waals surface area contributed by atoms with Gasteiger partial charge in [-0.15, -0.1) is 0 Å². The first-order valence-electron chi connectivity index (χ1n) is 10.8. The quantitative estimate of drug-likeness (QED) is 0.734. The molecule has 0 bridgehead atoms. The summed E-state index contributed by atoms with van der Waals surface area (Å²) in [6.07, 6.45) is 5.29. The predicted octanol–water partition coefficient (Wildman–Crippen LogP) is 2.68. The summed E-state index contributed by atoms with van der Waals surface area (Å²) in [4.78, 5) is 31.4. The summed E-state index contributed by atoms with van der Waals surface area (Å²) in [7, 11) is 0. The van der Waals surface area contributed by atoms with E-state index < -0.39 is 5.97 Å². The highest BCUT2D eigenvalue weighted by molar-refractivity contribution is 5.86. The van der Waals surface area contributed by atoms with Crippen LogP contribution in [0, 0.1) is 11.3 Å². The average Bonchev–Trinajstić information content (AvgIpc) is 3.29. The van der Waals surface area contributed by atoms with Gasteiger partial charge in [0.2, 0.25) is 5.91 Å². The maximum atomic E-state index is 13.0. The number of aromatic amines is 1. The van der Waals surface area contributed by atoms with Crippen molar-refractivity contribution in [3.05, 3.63) is 35.0 Å². The smallest absolute Gasteiger partial charge is 0.317 e. The molecule has 0 radical (unpaired) electrons. The minimum atomic E-state index is -0.875. The minimum absolute atomic E-state index is 0.0610. The van der Waals surface area contributed by atoms with Gasteiger partial charge in [-0.2, -0.15) is 5.26 Å². The Labute approximate surface area is 176 Å². The first-order valence-corrected chi connectivity index (χ1v) is 10.8. The molecular formula is C23H28N4O3. The van der Waals surface area contributed by atoms with Crippen LogP contribution in [0.3, 0.4) is 0 Å². The second-order valence-electron chi connectivity index (χ2n) is 8.34. The Kier molecular flexibility index (Phi) is 5.78. The molecule has 1 aromatic heterocycles. The predicted molar refractivity (Wildman–Crippen MR) is 113 cm³/mol. The highest BCUT2D eigenvalue weighted by Crippen LogP contribution is 2.30. The van der Waals surface area contributed by atoms with Crippen LogP contribution in [0.1, 0.15) is 49.4 Å². The standard InChI is InChI=1S/C23H28N4O3/c1-2-17-18-7-5-15(13-24)12-20(18)25-19(17)8-6-16-9-11-27(16)23(30)21-4-3-10-26(21)14-22(28)29/h5,7,12,16,21,25H,2-4,6,8-11,14H2,1H3,(H,28,29)/t16-,21+/m0/s1. The second-order valence-corrected chi connectivity index (χ2v) is 8.34. The van der Waals surface area contributed by atoms with E-state index in [0.29, 0.717) is 12.1 Å². The number of carboxylic acids is 1. The summed E-state index contributed by atoms with van der Waals surface area (Å²) in [6.45, 7) is 3.52. The van der Waals surface area contributed by atoms with Crippen molar-refractivity contribution >= 4 is 22.8 Å². The number of carbonyl (C=O) groups is 2. The Balaban J connectivity index is 1.42. The number of nitrogens with zero attached hydrogens (tertiary/aromatic N) is 3. The highest BCUT2D eigenvalue weighted by atomic mass is 16.4. The molecule has 2 atom stereocenters. The summed E-state index contributed by atoms with van der Waals surface area (Å²) in [5, 5.41) is 19.4. The van der Waals surface area contributed by atoms with Crippen molar-refractivity contribution in [2.24, 2.45) is 0 Å². The van der Waals surface area contributed by atoms with Gasteiger partial charge in [-0.1, -0.05) is 13.0 Å². The van der Waals surface area contributed by atoms with Crippen molar-refractivity contribution in [1.82, 2.24) is 14.8 Å². The van der Waals surface area contributed by atoms with E-state index in [1.165, 1.54) is 16.6 Å². The topological polar surface area (TPSA) is 100 Å². The SMILES string of the molecule is CCc1c(CC[C@H]2CCN2C(=O)[C@H]2CCCN2CC(=O)O)[nH]c2cc(C#N)ccc12. The zero-order chi connectivity index (χ0) is 21.3. The minimum Gasteiger partial charge on any atom is -0.480 e. The van der Waals surface area contributed by atoms with Crippen molar-refractivity contribution in [2.45, 2.75) is 57.5 Å². The van der Waals surface area contributed by atoms with Crippen LogP contribution in [0.4, 0.5) is 0 Å². The van der Waals surface area contributed by atoms with Gasteiger partial charge in [0, 0.05) is 29.2 Å². The Hall–Kier alpha value is -2.85. The van der Waals surface area contributed by atoms with Gasteiger partial charge in [-0.3, -0.25) is 14.5 Å². The third-order valence-corrected chi connectivity index (χ3v) is 6.62. The number of hydrogen-bond acceptors (Lipinski definition) is 4. The van der Waals surface area contributed by atoms with Gasteiger partial charge in [0.05, 0.1) is 24.2 Å². The molecule has 2 fully saturated rings. The fourth-order valence-electron chi connectivity index (χ4n) is 5.00. The third kappa shape index (κ3) is 3.80. The lowest BCUT2D eigenvalue weighted by atomic mass is 9.94. The molecule has 0 unspecified atom stereocenters. The van der Waals surface area contributed by atoms with Crippen LogP contribution in [0.5, 0.6) is 0 Å². The summed E-state index contributed by atoms with van der Waals surface area (Å²) >= 11 is 0. The van der Waals surface area contributed by atoms with Crippen LogP contribution in [0.2, 0.25) is 0 Å². The number of aryl methyl sites for hydroxylation is 2. The van der Waals surface area contributed by atoms with Crippen molar-refractivity contribution in [3.63, 3.8) is 0 Å². The number of carbonyl (C=O) groups excluding carboxylic acids is 1. The van der Waals surface area contributed by atoms with Gasteiger partial charge in [0.1, 0.15) is 0 Å². The molecule has 2 aromatic rings. The van der Waals surface area contributed by atoms with Crippen LogP contribution in [0.15, 0.2) is 18.2 Å². The van der Waals surface area contributed by atoms with Gasteiger partial charge in [-0.25, -0.2) is 0 Å². The zero-order valence-corrected chi connectivity index (χ0v) is 17.4. The maximum absolute atomic E-state index is 13.0. The second kappa shape index (κ2) is 8.49. The molecule has 2 saturated heterocycles. The Bertz CT molecular complexity index is 1010. The highest BCUT2D eigenvalue weighted by Gasteiger charge is 2.40. The van der Waals surface area contributed by atoms with Crippen LogP contribution >= 0.6 is 0 Å². The van der Waals surface area contributed by atoms with Crippen LogP contribution in [-0.2, 0) is 22.4 Å². The molecule has 7 heteroatoms. The van der Waals surface area contributed by atoms with E-state index >= 15 is 0 Å². The number of aliphatic carboxylic acids is 1. The molecular weight excluding hydrogens is 380 g/mol. The van der Waals surface area contributed by atoms with E-state index in [9.17, 15) is 9.59 Å². The lowest BCUT2D eigenvalue weighted by Gasteiger charge is -2.43. The molecule has 1 amide bonds. The number of amides is 1. The molecule has 0 aliphatic carbocycles. The summed E-state index contributed by atoms with van der Waals surface area (Å²) in [5.41, 5.74) is 4.12. The molecule has 30 heavy (non-hydrogen) atoms. The Morgan fingerprint density at radius 2 is 2.13 bits per heavy atom. The fraction of sp³-hybridized carbons (Fsp3) is 0.522. The lowest BCUT2D eigenvalue weighted by Crippen LogP contribution is -2.57. The summed E-state index contributed by atoms with van der Waals surface area (Å²) in [5.74, 6) is -0.781. The van der Waals surface area contributed by atoms with Gasteiger partial charge < -0.3 is 15.0 Å². The van der Waals surface area contributed by atoms with Crippen LogP contribution < -0.4 is 0 Å². The molecule has 7 nitrogen and oxygen atoms in total. The maximum Gasteiger partial charge on any atom is 0.317 e. The van der Waals surface area contributed by atoms with Crippen molar-refractivity contribution in [3.8, 4) is 6.07 Å². The Morgan fingerprint density at radius 1 is 1.30 bits per heavy atom. The Morgan fingerprint density at radius 3 is 2.80 bits per heavy atom. The first-order chi connectivity index (χ1) is 14.5.